The summed E-state index contributed by atoms with van der Waals surface area (Å²) < 4.78 is 0.598. The molecule has 1 rings (SSSR count). The van der Waals surface area contributed by atoms with Gasteiger partial charge in [-0.15, -0.1) is 0 Å². The highest BCUT2D eigenvalue weighted by atomic mass is 127. The van der Waals surface area contributed by atoms with Crippen molar-refractivity contribution in [1.82, 2.24) is 15.0 Å². The van der Waals surface area contributed by atoms with Gasteiger partial charge in [0.1, 0.15) is 5.54 Å². The van der Waals surface area contributed by atoms with Gasteiger partial charge in [0, 0.05) is 11.0 Å². The molecule has 1 atom stereocenters. The molecule has 1 unspecified atom stereocenters. The maximum absolute atomic E-state index is 9.05. The smallest absolute Gasteiger partial charge is 0.230 e. The van der Waals surface area contributed by atoms with Gasteiger partial charge in [0.2, 0.25) is 17.2 Å². The van der Waals surface area contributed by atoms with Crippen LogP contribution in [0, 0.1) is 11.3 Å². The number of alkyl halides is 1. The monoisotopic (exact) mass is 366 g/mol. The fourth-order valence-corrected chi connectivity index (χ4v) is 1.50. The van der Waals surface area contributed by atoms with E-state index in [-0.39, 0.29) is 5.28 Å². The molecule has 0 fully saturated rings. The van der Waals surface area contributed by atoms with E-state index < -0.39 is 5.54 Å². The Balaban J connectivity index is 2.95. The average Bonchev–Trinajstić information content (AvgIpc) is 2.28. The Kier molecular flexibility index (Phi) is 5.14. The molecular formula is C9H12ClIN6. The summed E-state index contributed by atoms with van der Waals surface area (Å²) in [5, 5.41) is 15.0. The van der Waals surface area contributed by atoms with Crippen molar-refractivity contribution in [1.29, 1.82) is 5.26 Å². The maximum atomic E-state index is 9.05. The van der Waals surface area contributed by atoms with Gasteiger partial charge < -0.3 is 10.6 Å². The minimum atomic E-state index is -0.727. The van der Waals surface area contributed by atoms with E-state index in [1.54, 1.807) is 6.92 Å². The molecule has 92 valence electrons. The van der Waals surface area contributed by atoms with Crippen LogP contribution < -0.4 is 10.6 Å². The van der Waals surface area contributed by atoms with Crippen LogP contribution in [0.4, 0.5) is 11.9 Å². The summed E-state index contributed by atoms with van der Waals surface area (Å²) in [5.41, 5.74) is -0.727. The van der Waals surface area contributed by atoms with Crippen molar-refractivity contribution in [3.05, 3.63) is 5.28 Å². The molecular weight excluding hydrogens is 354 g/mol. The van der Waals surface area contributed by atoms with Gasteiger partial charge in [-0.05, 0) is 25.4 Å². The Morgan fingerprint density at radius 2 is 2.06 bits per heavy atom. The highest BCUT2D eigenvalue weighted by molar-refractivity contribution is 14.1. The molecule has 0 saturated carbocycles. The van der Waals surface area contributed by atoms with E-state index >= 15 is 0 Å². The van der Waals surface area contributed by atoms with Crippen molar-refractivity contribution in [3.63, 3.8) is 0 Å². The molecule has 0 spiro atoms. The summed E-state index contributed by atoms with van der Waals surface area (Å²) in [5.74, 6) is 0.686. The quantitative estimate of drug-likeness (QED) is 0.613. The van der Waals surface area contributed by atoms with Gasteiger partial charge in [-0.25, -0.2) is 0 Å². The topological polar surface area (TPSA) is 86.5 Å². The van der Waals surface area contributed by atoms with Crippen LogP contribution in [0.5, 0.6) is 0 Å². The van der Waals surface area contributed by atoms with E-state index in [0.29, 0.717) is 22.9 Å². The molecule has 1 heterocycles. The minimum absolute atomic E-state index is 0.0900. The molecule has 0 amide bonds. The third-order valence-electron chi connectivity index (χ3n) is 1.84. The van der Waals surface area contributed by atoms with Crippen LogP contribution in [0.2, 0.25) is 5.28 Å². The molecule has 1 aromatic rings. The lowest BCUT2D eigenvalue weighted by Gasteiger charge is -2.20. The van der Waals surface area contributed by atoms with Gasteiger partial charge in [-0.1, -0.05) is 22.6 Å². The zero-order valence-corrected chi connectivity index (χ0v) is 12.4. The number of nitriles is 1. The highest BCUT2D eigenvalue weighted by Gasteiger charge is 2.23. The summed E-state index contributed by atoms with van der Waals surface area (Å²) >= 11 is 7.90. The Morgan fingerprint density at radius 1 is 1.41 bits per heavy atom. The third kappa shape index (κ3) is 4.12. The van der Waals surface area contributed by atoms with E-state index in [2.05, 4.69) is 54.2 Å². The second-order valence-electron chi connectivity index (χ2n) is 3.48. The molecule has 0 saturated heterocycles. The molecule has 8 heteroatoms. The zero-order valence-electron chi connectivity index (χ0n) is 9.46. The predicted molar refractivity (Wildman–Crippen MR) is 75.5 cm³/mol. The van der Waals surface area contributed by atoms with Crippen LogP contribution in [0.3, 0.4) is 0 Å². The molecule has 0 aliphatic rings. The number of aromatic nitrogens is 3. The van der Waals surface area contributed by atoms with Crippen LogP contribution in [0.1, 0.15) is 13.8 Å². The zero-order chi connectivity index (χ0) is 12.9. The predicted octanol–water partition coefficient (Wildman–Crippen LogP) is 2.09. The first kappa shape index (κ1) is 14.2. The molecule has 6 nitrogen and oxygen atoms in total. The first-order valence-electron chi connectivity index (χ1n) is 4.94. The van der Waals surface area contributed by atoms with Crippen LogP contribution in [-0.2, 0) is 0 Å². The molecule has 1 aromatic heterocycles. The number of hydrogen-bond donors (Lipinski definition) is 2. The van der Waals surface area contributed by atoms with Crippen molar-refractivity contribution in [2.75, 3.05) is 21.6 Å². The first-order valence-corrected chi connectivity index (χ1v) is 6.84. The molecule has 0 aliphatic heterocycles. The van der Waals surface area contributed by atoms with Gasteiger partial charge in [0.15, 0.2) is 0 Å². The number of nitrogens with zero attached hydrogens (tertiary/aromatic N) is 4. The van der Waals surface area contributed by atoms with Gasteiger partial charge in [0.05, 0.1) is 6.07 Å². The number of anilines is 2. The Labute approximate surface area is 118 Å². The van der Waals surface area contributed by atoms with Crippen LogP contribution >= 0.6 is 34.2 Å². The molecule has 2 N–H and O–H groups in total. The van der Waals surface area contributed by atoms with Crippen molar-refractivity contribution >= 4 is 46.1 Å². The summed E-state index contributed by atoms with van der Waals surface area (Å²) in [7, 11) is 0. The van der Waals surface area contributed by atoms with E-state index in [9.17, 15) is 0 Å². The normalized spacial score (nSPS) is 13.6. The molecule has 17 heavy (non-hydrogen) atoms. The lowest BCUT2D eigenvalue weighted by Crippen LogP contribution is -2.35. The van der Waals surface area contributed by atoms with Gasteiger partial charge in [-0.2, -0.15) is 20.2 Å². The largest absolute Gasteiger partial charge is 0.354 e. The van der Waals surface area contributed by atoms with Crippen LogP contribution in [0.15, 0.2) is 0 Å². The van der Waals surface area contributed by atoms with Gasteiger partial charge >= 0.3 is 0 Å². The maximum Gasteiger partial charge on any atom is 0.230 e. The van der Waals surface area contributed by atoms with E-state index in [1.165, 1.54) is 0 Å². The summed E-state index contributed by atoms with van der Waals surface area (Å²) in [6.07, 6.45) is 0. The number of halogens is 2. The summed E-state index contributed by atoms with van der Waals surface area (Å²) in [6, 6.07) is 2.17. The number of nitrogens with one attached hydrogen (secondary N) is 2. The van der Waals surface area contributed by atoms with Gasteiger partial charge in [-0.3, -0.25) is 0 Å². The van der Waals surface area contributed by atoms with E-state index in [0.717, 1.165) is 0 Å². The van der Waals surface area contributed by atoms with Crippen molar-refractivity contribution in [2.45, 2.75) is 19.4 Å². The lowest BCUT2D eigenvalue weighted by atomic mass is 10.1. The SMILES string of the molecule is CCNc1nc(Cl)nc(NC(C)(C#N)CI)n1. The standard InChI is InChI=1S/C9H12ClIN6/c1-3-13-7-14-6(10)15-8(16-7)17-9(2,4-11)5-12/h3-4H2,1-2H3,(H2,13,14,15,16,17). The third-order valence-corrected chi connectivity index (χ3v) is 3.54. The molecule has 0 bridgehead atoms. The number of hydrogen-bond acceptors (Lipinski definition) is 6. The second-order valence-corrected chi connectivity index (χ2v) is 4.59. The van der Waals surface area contributed by atoms with E-state index in [1.807, 2.05) is 6.92 Å². The molecule has 0 radical (unpaired) electrons. The molecule has 0 aliphatic carbocycles. The Hall–Kier alpha value is -0.880. The second kappa shape index (κ2) is 6.16. The minimum Gasteiger partial charge on any atom is -0.354 e. The fraction of sp³-hybridized carbons (Fsp3) is 0.556. The lowest BCUT2D eigenvalue weighted by molar-refractivity contribution is 0.737. The summed E-state index contributed by atoms with van der Waals surface area (Å²) in [4.78, 5) is 12.0. The number of rotatable bonds is 5. The fourth-order valence-electron chi connectivity index (χ4n) is 0.981. The highest BCUT2D eigenvalue weighted by Crippen LogP contribution is 2.16. The Morgan fingerprint density at radius 3 is 2.59 bits per heavy atom. The van der Waals surface area contributed by atoms with Crippen molar-refractivity contribution in [3.8, 4) is 6.07 Å². The van der Waals surface area contributed by atoms with Crippen molar-refractivity contribution < 1.29 is 0 Å². The van der Waals surface area contributed by atoms with Crippen LogP contribution in [0.25, 0.3) is 0 Å². The average molecular weight is 367 g/mol. The Bertz CT molecular complexity index is 434. The van der Waals surface area contributed by atoms with Crippen LogP contribution in [-0.4, -0.2) is 31.5 Å². The first-order chi connectivity index (χ1) is 8.03. The van der Waals surface area contributed by atoms with Gasteiger partial charge in [0.25, 0.3) is 0 Å². The van der Waals surface area contributed by atoms with E-state index in [4.69, 9.17) is 16.9 Å². The van der Waals surface area contributed by atoms with Crippen molar-refractivity contribution in [2.24, 2.45) is 0 Å². The molecule has 0 aromatic carbocycles. The summed E-state index contributed by atoms with van der Waals surface area (Å²) in [6.45, 7) is 4.38.